The Kier molecular flexibility index (Phi) is 3.34. The van der Waals surface area contributed by atoms with Gasteiger partial charge in [-0.2, -0.15) is 0 Å². The first-order valence-electron chi connectivity index (χ1n) is 6.89. The molecule has 1 atom stereocenters. The molecule has 3 rings (SSSR count). The predicted octanol–water partition coefficient (Wildman–Crippen LogP) is 5.21. The summed E-state index contributed by atoms with van der Waals surface area (Å²) in [4.78, 5) is 2.97. The Balaban J connectivity index is 1.85. The van der Waals surface area contributed by atoms with Gasteiger partial charge in [-0.05, 0) is 48.3 Å². The van der Waals surface area contributed by atoms with E-state index in [4.69, 9.17) is 0 Å². The average Bonchev–Trinajstić information content (AvgIpc) is 2.35. The van der Waals surface area contributed by atoms with Crippen LogP contribution in [0, 0.1) is 11.8 Å². The van der Waals surface area contributed by atoms with E-state index >= 15 is 0 Å². The SMILES string of the molecule is CC(C)CC1C=C2Sc3ccccc3CC2=CC1. The van der Waals surface area contributed by atoms with Gasteiger partial charge in [-0.3, -0.25) is 0 Å². The minimum absolute atomic E-state index is 0.751. The number of hydrogen-bond acceptors (Lipinski definition) is 1. The van der Waals surface area contributed by atoms with Crippen molar-refractivity contribution in [2.75, 3.05) is 0 Å². The molecule has 0 bridgehead atoms. The Morgan fingerprint density at radius 3 is 2.94 bits per heavy atom. The molecule has 1 unspecified atom stereocenters. The molecule has 0 aromatic heterocycles. The fourth-order valence-electron chi connectivity index (χ4n) is 2.89. The van der Waals surface area contributed by atoms with E-state index < -0.39 is 0 Å². The van der Waals surface area contributed by atoms with Gasteiger partial charge in [0.1, 0.15) is 0 Å². The highest BCUT2D eigenvalue weighted by molar-refractivity contribution is 8.03. The Morgan fingerprint density at radius 2 is 2.11 bits per heavy atom. The van der Waals surface area contributed by atoms with Gasteiger partial charge in [0.25, 0.3) is 0 Å². The first-order chi connectivity index (χ1) is 8.72. The topological polar surface area (TPSA) is 0 Å². The van der Waals surface area contributed by atoms with Crippen LogP contribution in [0.4, 0.5) is 0 Å². The fourth-order valence-corrected chi connectivity index (χ4v) is 4.09. The Labute approximate surface area is 114 Å². The Morgan fingerprint density at radius 1 is 1.28 bits per heavy atom. The van der Waals surface area contributed by atoms with Crippen molar-refractivity contribution >= 4 is 11.8 Å². The lowest BCUT2D eigenvalue weighted by atomic mass is 9.87. The zero-order valence-electron chi connectivity index (χ0n) is 11.1. The quantitative estimate of drug-likeness (QED) is 0.700. The molecule has 1 aromatic rings. The highest BCUT2D eigenvalue weighted by Crippen LogP contribution is 2.44. The van der Waals surface area contributed by atoms with Gasteiger partial charge in [0, 0.05) is 9.80 Å². The second-order valence-corrected chi connectivity index (χ2v) is 6.86. The van der Waals surface area contributed by atoms with Crippen molar-refractivity contribution in [3.05, 3.63) is 52.5 Å². The van der Waals surface area contributed by atoms with Crippen LogP contribution in [0.2, 0.25) is 0 Å². The molecule has 0 fully saturated rings. The maximum atomic E-state index is 2.52. The lowest BCUT2D eigenvalue weighted by molar-refractivity contribution is 0.474. The number of hydrogen-bond donors (Lipinski definition) is 0. The van der Waals surface area contributed by atoms with E-state index in [1.54, 1.807) is 5.57 Å². The molecule has 0 nitrogen and oxygen atoms in total. The molecule has 2 aliphatic rings. The first kappa shape index (κ1) is 12.1. The van der Waals surface area contributed by atoms with Crippen LogP contribution in [0.25, 0.3) is 0 Å². The van der Waals surface area contributed by atoms with Crippen LogP contribution in [0.1, 0.15) is 32.3 Å². The smallest absolute Gasteiger partial charge is 0.0157 e. The minimum atomic E-state index is 0.751. The van der Waals surface area contributed by atoms with Gasteiger partial charge >= 0.3 is 0 Å². The van der Waals surface area contributed by atoms with Gasteiger partial charge in [0.05, 0.1) is 0 Å². The molecular weight excluding hydrogens is 236 g/mol. The van der Waals surface area contributed by atoms with E-state index in [-0.39, 0.29) is 0 Å². The Bertz CT molecular complexity index is 508. The molecule has 1 aliphatic heterocycles. The van der Waals surface area contributed by atoms with Crippen LogP contribution in [-0.2, 0) is 6.42 Å². The zero-order chi connectivity index (χ0) is 12.5. The molecule has 18 heavy (non-hydrogen) atoms. The highest BCUT2D eigenvalue weighted by Gasteiger charge is 2.22. The van der Waals surface area contributed by atoms with Crippen LogP contribution < -0.4 is 0 Å². The standard InChI is InChI=1S/C17H20S/c1-12(2)9-13-7-8-15-11-14-5-3-4-6-16(14)18-17(15)10-13/h3-6,8,10,12-13H,7,9,11H2,1-2H3. The van der Waals surface area contributed by atoms with Crippen molar-refractivity contribution in [3.63, 3.8) is 0 Å². The third kappa shape index (κ3) is 2.42. The maximum absolute atomic E-state index is 2.52. The summed E-state index contributed by atoms with van der Waals surface area (Å²) in [5.74, 6) is 1.55. The van der Waals surface area contributed by atoms with Crippen LogP contribution in [0.15, 0.2) is 51.8 Å². The highest BCUT2D eigenvalue weighted by atomic mass is 32.2. The van der Waals surface area contributed by atoms with Crippen LogP contribution in [0.5, 0.6) is 0 Å². The average molecular weight is 256 g/mol. The van der Waals surface area contributed by atoms with E-state index in [9.17, 15) is 0 Å². The molecule has 0 spiro atoms. The number of thioether (sulfide) groups is 1. The maximum Gasteiger partial charge on any atom is 0.0157 e. The monoisotopic (exact) mass is 256 g/mol. The normalized spacial score (nSPS) is 22.1. The summed E-state index contributed by atoms with van der Waals surface area (Å²) in [7, 11) is 0. The lowest BCUT2D eigenvalue weighted by Gasteiger charge is -2.27. The van der Waals surface area contributed by atoms with Crippen molar-refractivity contribution in [3.8, 4) is 0 Å². The molecule has 94 valence electrons. The summed E-state index contributed by atoms with van der Waals surface area (Å²) in [5.41, 5.74) is 3.05. The van der Waals surface area contributed by atoms with Crippen LogP contribution in [-0.4, -0.2) is 0 Å². The van der Waals surface area contributed by atoms with Crippen molar-refractivity contribution in [2.24, 2.45) is 11.8 Å². The van der Waals surface area contributed by atoms with E-state index in [0.717, 1.165) is 18.3 Å². The van der Waals surface area contributed by atoms with Crippen LogP contribution >= 0.6 is 11.8 Å². The molecular formula is C17H20S. The molecule has 1 heteroatoms. The molecule has 0 saturated carbocycles. The summed E-state index contributed by atoms with van der Waals surface area (Å²) in [6.45, 7) is 4.64. The number of rotatable bonds is 2. The largest absolute Gasteiger partial charge is 0.0898 e. The third-order valence-electron chi connectivity index (χ3n) is 3.72. The minimum Gasteiger partial charge on any atom is -0.0898 e. The number of benzene rings is 1. The van der Waals surface area contributed by atoms with Crippen molar-refractivity contribution in [1.82, 2.24) is 0 Å². The van der Waals surface area contributed by atoms with E-state index in [1.165, 1.54) is 28.2 Å². The van der Waals surface area contributed by atoms with E-state index in [1.807, 2.05) is 11.8 Å². The molecule has 0 amide bonds. The molecule has 0 N–H and O–H groups in total. The van der Waals surface area contributed by atoms with Gasteiger partial charge in [-0.15, -0.1) is 0 Å². The molecule has 1 aliphatic carbocycles. The molecule has 0 radical (unpaired) electrons. The summed E-state index contributed by atoms with van der Waals surface area (Å²) in [6.07, 6.45) is 8.68. The first-order valence-corrected chi connectivity index (χ1v) is 7.71. The van der Waals surface area contributed by atoms with Gasteiger partial charge in [-0.1, -0.05) is 56.0 Å². The second kappa shape index (κ2) is 4.97. The van der Waals surface area contributed by atoms with Crippen molar-refractivity contribution in [1.29, 1.82) is 0 Å². The molecule has 0 saturated heterocycles. The van der Waals surface area contributed by atoms with Gasteiger partial charge < -0.3 is 0 Å². The van der Waals surface area contributed by atoms with E-state index in [2.05, 4.69) is 50.3 Å². The van der Waals surface area contributed by atoms with Gasteiger partial charge in [-0.25, -0.2) is 0 Å². The fraction of sp³-hybridized carbons (Fsp3) is 0.412. The van der Waals surface area contributed by atoms with Crippen LogP contribution in [0.3, 0.4) is 0 Å². The lowest BCUT2D eigenvalue weighted by Crippen LogP contribution is -2.10. The van der Waals surface area contributed by atoms with Crippen molar-refractivity contribution in [2.45, 2.75) is 38.0 Å². The number of allylic oxidation sites excluding steroid dienone is 3. The van der Waals surface area contributed by atoms with Gasteiger partial charge in [0.2, 0.25) is 0 Å². The third-order valence-corrected chi connectivity index (χ3v) is 4.95. The zero-order valence-corrected chi connectivity index (χ0v) is 12.0. The molecule has 1 heterocycles. The summed E-state index contributed by atoms with van der Waals surface area (Å²) in [6, 6.07) is 8.82. The summed E-state index contributed by atoms with van der Waals surface area (Å²) >= 11 is 1.96. The molecule has 1 aromatic carbocycles. The van der Waals surface area contributed by atoms with Crippen molar-refractivity contribution < 1.29 is 0 Å². The predicted molar refractivity (Wildman–Crippen MR) is 79.7 cm³/mol. The summed E-state index contributed by atoms with van der Waals surface area (Å²) in [5, 5.41) is 0. The number of fused-ring (bicyclic) bond motifs is 2. The van der Waals surface area contributed by atoms with E-state index in [0.29, 0.717) is 0 Å². The Hall–Kier alpha value is -0.950. The summed E-state index contributed by atoms with van der Waals surface area (Å²) < 4.78 is 0. The second-order valence-electron chi connectivity index (χ2n) is 5.77. The van der Waals surface area contributed by atoms with Gasteiger partial charge in [0.15, 0.2) is 0 Å².